The predicted molar refractivity (Wildman–Crippen MR) is 69.3 cm³/mol. The van der Waals surface area contributed by atoms with Crippen LogP contribution in [-0.2, 0) is 22.2 Å². The third-order valence-corrected chi connectivity index (χ3v) is 3.90. The molecule has 0 unspecified atom stereocenters. The molecule has 0 spiro atoms. The Morgan fingerprint density at radius 2 is 1.95 bits per heavy atom. The number of nitrogens with one attached hydrogen (secondary N) is 2. The largest absolute Gasteiger partial charge is 0.283 e. The molecule has 2 N–H and O–H groups in total. The number of hydrogen-bond acceptors (Lipinski definition) is 3. The molecule has 102 valence electrons. The fourth-order valence-electron chi connectivity index (χ4n) is 1.62. The van der Waals surface area contributed by atoms with E-state index in [0.717, 1.165) is 5.69 Å². The zero-order chi connectivity index (χ0) is 13.7. The average Bonchev–Trinajstić information content (AvgIpc) is 2.85. The number of sulfonamides is 1. The van der Waals surface area contributed by atoms with Crippen LogP contribution in [0.5, 0.6) is 0 Å². The van der Waals surface area contributed by atoms with Crippen LogP contribution in [0.15, 0.2) is 36.5 Å². The summed E-state index contributed by atoms with van der Waals surface area (Å²) in [5.74, 6) is -0.538. The van der Waals surface area contributed by atoms with Gasteiger partial charge in [-0.1, -0.05) is 12.1 Å². The Hall–Kier alpha value is -1.73. The number of nitrogens with zero attached hydrogens (tertiary/aromatic N) is 1. The molecule has 0 radical (unpaired) electrons. The summed E-state index contributed by atoms with van der Waals surface area (Å²) < 4.78 is 38.8. The van der Waals surface area contributed by atoms with E-state index < -0.39 is 10.0 Å². The minimum absolute atomic E-state index is 0.156. The Bertz CT molecular complexity index is 609. The van der Waals surface area contributed by atoms with Gasteiger partial charge in [-0.2, -0.15) is 5.10 Å². The molecular formula is C12H14FN3O2S. The molecule has 0 aliphatic heterocycles. The molecule has 0 aliphatic rings. The van der Waals surface area contributed by atoms with E-state index in [0.29, 0.717) is 18.5 Å². The molecule has 0 saturated carbocycles. The zero-order valence-corrected chi connectivity index (χ0v) is 11.0. The Balaban J connectivity index is 1.86. The molecule has 0 atom stereocenters. The summed E-state index contributed by atoms with van der Waals surface area (Å²) in [6.07, 6.45) is 2.16. The standard InChI is InChI=1S/C12H14FN3O2S/c13-11-3-1-10(2-4-11)9-19(17,18)15-8-6-12-5-7-14-16-12/h1-5,7,15H,6,8-9H2,(H,14,16). The second-order valence-electron chi connectivity index (χ2n) is 4.11. The second-order valence-corrected chi connectivity index (χ2v) is 5.92. The summed E-state index contributed by atoms with van der Waals surface area (Å²) in [5.41, 5.74) is 1.42. The van der Waals surface area contributed by atoms with Crippen LogP contribution in [-0.4, -0.2) is 25.2 Å². The highest BCUT2D eigenvalue weighted by Gasteiger charge is 2.11. The van der Waals surface area contributed by atoms with Gasteiger partial charge in [0.05, 0.1) is 5.75 Å². The molecule has 0 fully saturated rings. The first-order chi connectivity index (χ1) is 9.05. The van der Waals surface area contributed by atoms with Gasteiger partial charge in [-0.15, -0.1) is 0 Å². The van der Waals surface area contributed by atoms with Gasteiger partial charge in [-0.05, 0) is 23.8 Å². The number of aromatic amines is 1. The van der Waals surface area contributed by atoms with Crippen LogP contribution >= 0.6 is 0 Å². The maximum Gasteiger partial charge on any atom is 0.215 e. The summed E-state index contributed by atoms with van der Waals surface area (Å²) in [7, 11) is -3.41. The second kappa shape index (κ2) is 5.94. The van der Waals surface area contributed by atoms with Crippen LogP contribution in [0.3, 0.4) is 0 Å². The van der Waals surface area contributed by atoms with Crippen LogP contribution in [0.2, 0.25) is 0 Å². The van der Waals surface area contributed by atoms with Crippen molar-refractivity contribution in [1.29, 1.82) is 0 Å². The van der Waals surface area contributed by atoms with Crippen molar-refractivity contribution in [3.63, 3.8) is 0 Å². The van der Waals surface area contributed by atoms with Crippen LogP contribution in [0.1, 0.15) is 11.3 Å². The van der Waals surface area contributed by atoms with Gasteiger partial charge in [0.2, 0.25) is 10.0 Å². The molecule has 0 amide bonds. The molecule has 2 rings (SSSR count). The van der Waals surface area contributed by atoms with Gasteiger partial charge in [-0.25, -0.2) is 17.5 Å². The Morgan fingerprint density at radius 1 is 1.21 bits per heavy atom. The van der Waals surface area contributed by atoms with Crippen molar-refractivity contribution in [3.8, 4) is 0 Å². The van der Waals surface area contributed by atoms with Crippen molar-refractivity contribution in [3.05, 3.63) is 53.6 Å². The van der Waals surface area contributed by atoms with Gasteiger partial charge >= 0.3 is 0 Å². The summed E-state index contributed by atoms with van der Waals surface area (Å²) >= 11 is 0. The maximum absolute atomic E-state index is 12.7. The van der Waals surface area contributed by atoms with E-state index >= 15 is 0 Å². The van der Waals surface area contributed by atoms with E-state index in [-0.39, 0.29) is 11.6 Å². The third kappa shape index (κ3) is 4.46. The number of rotatable bonds is 6. The lowest BCUT2D eigenvalue weighted by Gasteiger charge is -2.06. The number of benzene rings is 1. The minimum atomic E-state index is -3.41. The van der Waals surface area contributed by atoms with E-state index in [1.54, 1.807) is 12.3 Å². The quantitative estimate of drug-likeness (QED) is 0.837. The molecule has 0 bridgehead atoms. The molecule has 1 aromatic heterocycles. The van der Waals surface area contributed by atoms with Gasteiger partial charge in [0.15, 0.2) is 0 Å². The number of halogens is 1. The summed E-state index contributed by atoms with van der Waals surface area (Å²) in [5, 5.41) is 6.53. The van der Waals surface area contributed by atoms with Crippen LogP contribution in [0.4, 0.5) is 4.39 Å². The van der Waals surface area contributed by atoms with E-state index in [4.69, 9.17) is 0 Å². The number of H-pyrrole nitrogens is 1. The topological polar surface area (TPSA) is 74.8 Å². The summed E-state index contributed by atoms with van der Waals surface area (Å²) in [6.45, 7) is 0.297. The highest BCUT2D eigenvalue weighted by molar-refractivity contribution is 7.88. The van der Waals surface area contributed by atoms with Gasteiger partial charge in [0, 0.05) is 24.9 Å². The van der Waals surface area contributed by atoms with Crippen LogP contribution < -0.4 is 4.72 Å². The maximum atomic E-state index is 12.7. The van der Waals surface area contributed by atoms with Crippen LogP contribution in [0.25, 0.3) is 0 Å². The van der Waals surface area contributed by atoms with Crippen molar-refractivity contribution < 1.29 is 12.8 Å². The normalized spacial score (nSPS) is 11.6. The average molecular weight is 283 g/mol. The zero-order valence-electron chi connectivity index (χ0n) is 10.1. The minimum Gasteiger partial charge on any atom is -0.283 e. The molecule has 1 heterocycles. The van der Waals surface area contributed by atoms with Crippen molar-refractivity contribution in [2.24, 2.45) is 0 Å². The molecule has 0 saturated heterocycles. The molecule has 2 aromatic rings. The van der Waals surface area contributed by atoms with E-state index in [1.165, 1.54) is 24.3 Å². The van der Waals surface area contributed by atoms with Crippen molar-refractivity contribution >= 4 is 10.0 Å². The molecule has 5 nitrogen and oxygen atoms in total. The first-order valence-electron chi connectivity index (χ1n) is 5.75. The number of aromatic nitrogens is 2. The Labute approximate surface area is 110 Å². The molecule has 1 aromatic carbocycles. The first-order valence-corrected chi connectivity index (χ1v) is 7.40. The van der Waals surface area contributed by atoms with Gasteiger partial charge in [-0.3, -0.25) is 5.10 Å². The van der Waals surface area contributed by atoms with Crippen molar-refractivity contribution in [2.75, 3.05) is 6.54 Å². The highest BCUT2D eigenvalue weighted by atomic mass is 32.2. The third-order valence-electron chi connectivity index (χ3n) is 2.54. The molecule has 19 heavy (non-hydrogen) atoms. The lowest BCUT2D eigenvalue weighted by Crippen LogP contribution is -2.27. The van der Waals surface area contributed by atoms with E-state index in [1.807, 2.05) is 0 Å². The number of hydrogen-bond donors (Lipinski definition) is 2. The molecule has 0 aliphatic carbocycles. The van der Waals surface area contributed by atoms with Crippen molar-refractivity contribution in [1.82, 2.24) is 14.9 Å². The van der Waals surface area contributed by atoms with Gasteiger partial charge < -0.3 is 0 Å². The summed E-state index contributed by atoms with van der Waals surface area (Å²) in [4.78, 5) is 0. The fraction of sp³-hybridized carbons (Fsp3) is 0.250. The monoisotopic (exact) mass is 283 g/mol. The van der Waals surface area contributed by atoms with E-state index in [9.17, 15) is 12.8 Å². The lowest BCUT2D eigenvalue weighted by molar-refractivity contribution is 0.580. The predicted octanol–water partition coefficient (Wildman–Crippen LogP) is 1.21. The van der Waals surface area contributed by atoms with E-state index in [2.05, 4.69) is 14.9 Å². The SMILES string of the molecule is O=S(=O)(Cc1ccc(F)cc1)NCCc1ccn[nH]1. The first kappa shape index (κ1) is 13.7. The lowest BCUT2D eigenvalue weighted by atomic mass is 10.2. The molecular weight excluding hydrogens is 269 g/mol. The fourth-order valence-corrected chi connectivity index (χ4v) is 2.76. The van der Waals surface area contributed by atoms with Gasteiger partial charge in [0.1, 0.15) is 5.82 Å². The van der Waals surface area contributed by atoms with Crippen molar-refractivity contribution in [2.45, 2.75) is 12.2 Å². The summed E-state index contributed by atoms with van der Waals surface area (Å²) in [6, 6.07) is 7.20. The van der Waals surface area contributed by atoms with Crippen LogP contribution in [0, 0.1) is 5.82 Å². The Kier molecular flexibility index (Phi) is 4.28. The van der Waals surface area contributed by atoms with Gasteiger partial charge in [0.25, 0.3) is 0 Å². The molecule has 7 heteroatoms. The Morgan fingerprint density at radius 3 is 2.58 bits per heavy atom. The smallest absolute Gasteiger partial charge is 0.215 e. The highest BCUT2D eigenvalue weighted by Crippen LogP contribution is 2.06.